The van der Waals surface area contributed by atoms with E-state index in [1.165, 1.54) is 6.33 Å². The molecule has 0 spiro atoms. The predicted molar refractivity (Wildman–Crippen MR) is 60.2 cm³/mol. The molecule has 0 aliphatic heterocycles. The molecular weight excluding hydrogens is 298 g/mol. The zero-order valence-corrected chi connectivity index (χ0v) is 10.2. The van der Waals surface area contributed by atoms with Gasteiger partial charge in [0.05, 0.1) is 9.37 Å². The van der Waals surface area contributed by atoms with Gasteiger partial charge in [-0.05, 0) is 34.1 Å². The highest BCUT2D eigenvalue weighted by Crippen LogP contribution is 2.32. The van der Waals surface area contributed by atoms with E-state index in [1.807, 2.05) is 0 Å². The smallest absolute Gasteiger partial charge is 0.137 e. The fourth-order valence-electron chi connectivity index (χ4n) is 1.04. The van der Waals surface area contributed by atoms with Crippen LogP contribution in [0, 0.1) is 11.6 Å². The third kappa shape index (κ3) is 2.56. The Morgan fingerprint density at radius 2 is 2.06 bits per heavy atom. The second-order valence-corrected chi connectivity index (χ2v) is 4.74. The maximum atomic E-state index is 13.3. The standard InChI is InChI=1S/C10H5BrF2N2S/c11-7-4-14-5-15-10(7)16-9-3-6(12)1-2-8(9)13/h1-5H. The first-order valence-corrected chi connectivity index (χ1v) is 5.86. The minimum atomic E-state index is -0.478. The molecule has 0 bridgehead atoms. The van der Waals surface area contributed by atoms with E-state index in [1.54, 1.807) is 6.20 Å². The molecule has 0 fully saturated rings. The molecule has 0 saturated carbocycles. The van der Waals surface area contributed by atoms with Crippen molar-refractivity contribution in [1.82, 2.24) is 9.97 Å². The Labute approximate surface area is 103 Å². The van der Waals surface area contributed by atoms with E-state index in [0.29, 0.717) is 9.50 Å². The highest BCUT2D eigenvalue weighted by Gasteiger charge is 2.09. The van der Waals surface area contributed by atoms with E-state index in [-0.39, 0.29) is 4.90 Å². The number of hydrogen-bond donors (Lipinski definition) is 0. The normalized spacial score (nSPS) is 10.4. The Bertz CT molecular complexity index is 522. The molecule has 82 valence electrons. The number of aromatic nitrogens is 2. The lowest BCUT2D eigenvalue weighted by molar-refractivity contribution is 0.577. The molecule has 0 aliphatic carbocycles. The van der Waals surface area contributed by atoms with Crippen LogP contribution < -0.4 is 0 Å². The maximum absolute atomic E-state index is 13.3. The second-order valence-electron chi connectivity index (χ2n) is 2.85. The summed E-state index contributed by atoms with van der Waals surface area (Å²) < 4.78 is 26.9. The van der Waals surface area contributed by atoms with E-state index in [9.17, 15) is 8.78 Å². The van der Waals surface area contributed by atoms with Gasteiger partial charge in [-0.3, -0.25) is 0 Å². The van der Waals surface area contributed by atoms with Crippen LogP contribution in [0.2, 0.25) is 0 Å². The molecule has 0 aliphatic rings. The summed E-state index contributed by atoms with van der Waals surface area (Å²) >= 11 is 4.28. The molecule has 0 unspecified atom stereocenters. The van der Waals surface area contributed by atoms with Crippen molar-refractivity contribution in [1.29, 1.82) is 0 Å². The van der Waals surface area contributed by atoms with Gasteiger partial charge in [0.15, 0.2) is 0 Å². The first kappa shape index (κ1) is 11.5. The fraction of sp³-hybridized carbons (Fsp3) is 0. The topological polar surface area (TPSA) is 25.8 Å². The fourth-order valence-corrected chi connectivity index (χ4v) is 2.29. The minimum Gasteiger partial charge on any atom is -0.244 e. The molecule has 1 aromatic carbocycles. The van der Waals surface area contributed by atoms with Crippen LogP contribution in [-0.2, 0) is 0 Å². The summed E-state index contributed by atoms with van der Waals surface area (Å²) in [6, 6.07) is 3.30. The summed E-state index contributed by atoms with van der Waals surface area (Å²) in [6.45, 7) is 0. The molecule has 0 amide bonds. The molecule has 0 atom stereocenters. The van der Waals surface area contributed by atoms with Crippen LogP contribution in [0.25, 0.3) is 0 Å². The summed E-state index contributed by atoms with van der Waals surface area (Å²) in [5.74, 6) is -0.953. The monoisotopic (exact) mass is 302 g/mol. The molecule has 16 heavy (non-hydrogen) atoms. The molecule has 0 radical (unpaired) electrons. The molecule has 1 heterocycles. The molecule has 2 aromatic rings. The molecule has 2 rings (SSSR count). The predicted octanol–water partition coefficient (Wildman–Crippen LogP) is 3.67. The van der Waals surface area contributed by atoms with Crippen molar-refractivity contribution in [2.75, 3.05) is 0 Å². The van der Waals surface area contributed by atoms with Gasteiger partial charge in [-0.15, -0.1) is 0 Å². The van der Waals surface area contributed by atoms with Crippen molar-refractivity contribution in [3.8, 4) is 0 Å². The van der Waals surface area contributed by atoms with Gasteiger partial charge < -0.3 is 0 Å². The zero-order valence-electron chi connectivity index (χ0n) is 7.82. The largest absolute Gasteiger partial charge is 0.244 e. The second kappa shape index (κ2) is 4.88. The Kier molecular flexibility index (Phi) is 3.50. The van der Waals surface area contributed by atoms with Crippen molar-refractivity contribution in [2.24, 2.45) is 0 Å². The van der Waals surface area contributed by atoms with Crippen LogP contribution in [-0.4, -0.2) is 9.97 Å². The number of nitrogens with zero attached hydrogens (tertiary/aromatic N) is 2. The summed E-state index contributed by atoms with van der Waals surface area (Å²) in [5.41, 5.74) is 0. The molecule has 1 aromatic heterocycles. The van der Waals surface area contributed by atoms with Crippen LogP contribution in [0.1, 0.15) is 0 Å². The lowest BCUT2D eigenvalue weighted by Gasteiger charge is -2.03. The molecule has 2 nitrogen and oxygen atoms in total. The number of halogens is 3. The lowest BCUT2D eigenvalue weighted by atomic mass is 10.3. The Morgan fingerprint density at radius 1 is 1.25 bits per heavy atom. The van der Waals surface area contributed by atoms with Gasteiger partial charge in [-0.1, -0.05) is 11.8 Å². The third-order valence-electron chi connectivity index (χ3n) is 1.73. The Hall–Kier alpha value is -1.01. The van der Waals surface area contributed by atoms with Gasteiger partial charge in [0.2, 0.25) is 0 Å². The minimum absolute atomic E-state index is 0.194. The van der Waals surface area contributed by atoms with Crippen LogP contribution >= 0.6 is 27.7 Å². The third-order valence-corrected chi connectivity index (χ3v) is 3.63. The number of benzene rings is 1. The molecule has 0 saturated heterocycles. The summed E-state index contributed by atoms with van der Waals surface area (Å²) in [6.07, 6.45) is 2.90. The van der Waals surface area contributed by atoms with Crippen LogP contribution in [0.15, 0.2) is 45.1 Å². The van der Waals surface area contributed by atoms with E-state index in [2.05, 4.69) is 25.9 Å². The Balaban J connectivity index is 2.34. The van der Waals surface area contributed by atoms with Crippen molar-refractivity contribution in [2.45, 2.75) is 9.92 Å². The van der Waals surface area contributed by atoms with Gasteiger partial charge in [0.1, 0.15) is 23.0 Å². The van der Waals surface area contributed by atoms with E-state index in [0.717, 1.165) is 30.0 Å². The van der Waals surface area contributed by atoms with Gasteiger partial charge in [-0.25, -0.2) is 18.7 Å². The summed E-state index contributed by atoms with van der Waals surface area (Å²) in [5, 5.41) is 0.541. The SMILES string of the molecule is Fc1ccc(F)c(Sc2ncncc2Br)c1. The molecule has 6 heteroatoms. The first-order valence-electron chi connectivity index (χ1n) is 4.25. The quantitative estimate of drug-likeness (QED) is 0.792. The maximum Gasteiger partial charge on any atom is 0.137 e. The lowest BCUT2D eigenvalue weighted by Crippen LogP contribution is -1.87. The summed E-state index contributed by atoms with van der Waals surface area (Å²) in [7, 11) is 0. The molecule has 0 N–H and O–H groups in total. The van der Waals surface area contributed by atoms with Crippen molar-refractivity contribution in [3.05, 3.63) is 46.8 Å². The van der Waals surface area contributed by atoms with Crippen molar-refractivity contribution < 1.29 is 8.78 Å². The molecular formula is C10H5BrF2N2S. The van der Waals surface area contributed by atoms with Gasteiger partial charge >= 0.3 is 0 Å². The summed E-state index contributed by atoms with van der Waals surface area (Å²) in [4.78, 5) is 7.94. The average Bonchev–Trinajstić information content (AvgIpc) is 2.27. The Morgan fingerprint density at radius 3 is 2.81 bits per heavy atom. The van der Waals surface area contributed by atoms with E-state index >= 15 is 0 Å². The van der Waals surface area contributed by atoms with E-state index in [4.69, 9.17) is 0 Å². The van der Waals surface area contributed by atoms with Gasteiger partial charge in [0.25, 0.3) is 0 Å². The zero-order chi connectivity index (χ0) is 11.5. The van der Waals surface area contributed by atoms with Crippen LogP contribution in [0.4, 0.5) is 8.78 Å². The van der Waals surface area contributed by atoms with Crippen molar-refractivity contribution in [3.63, 3.8) is 0 Å². The number of rotatable bonds is 2. The van der Waals surface area contributed by atoms with Crippen LogP contribution in [0.5, 0.6) is 0 Å². The van der Waals surface area contributed by atoms with E-state index < -0.39 is 11.6 Å². The van der Waals surface area contributed by atoms with Gasteiger partial charge in [0, 0.05) is 6.20 Å². The highest BCUT2D eigenvalue weighted by atomic mass is 79.9. The van der Waals surface area contributed by atoms with Crippen molar-refractivity contribution >= 4 is 27.7 Å². The average molecular weight is 303 g/mol. The number of hydrogen-bond acceptors (Lipinski definition) is 3. The first-order chi connectivity index (χ1) is 7.66. The van der Waals surface area contributed by atoms with Gasteiger partial charge in [-0.2, -0.15) is 0 Å². The highest BCUT2D eigenvalue weighted by molar-refractivity contribution is 9.10. The van der Waals surface area contributed by atoms with Crippen LogP contribution in [0.3, 0.4) is 0 Å².